The molecule has 0 aromatic carbocycles. The van der Waals surface area contributed by atoms with Crippen molar-refractivity contribution >= 4 is 11.9 Å². The summed E-state index contributed by atoms with van der Waals surface area (Å²) in [6.45, 7) is 0. The van der Waals surface area contributed by atoms with E-state index in [1.807, 2.05) is 0 Å². The Morgan fingerprint density at radius 1 is 0.483 bits per heavy atom. The van der Waals surface area contributed by atoms with Crippen LogP contribution in [0.3, 0.4) is 0 Å². The smallest absolute Gasteiger partial charge is 0.389 e. The summed E-state index contributed by atoms with van der Waals surface area (Å²) in [5, 5.41) is 0. The number of unbranched alkanes of at least 4 members (excludes halogenated alkanes) is 10. The number of hydrogen-bond acceptors (Lipinski definition) is 3. The molecule has 0 aliphatic heterocycles. The molecule has 0 aliphatic rings. The van der Waals surface area contributed by atoms with Gasteiger partial charge in [-0.25, -0.2) is 0 Å². The minimum Gasteiger partial charge on any atom is -0.393 e. The van der Waals surface area contributed by atoms with Crippen molar-refractivity contribution in [1.29, 1.82) is 0 Å². The number of carbonyl (C=O) groups is 2. The molecule has 0 amide bonds. The van der Waals surface area contributed by atoms with Gasteiger partial charge in [-0.05, 0) is 25.7 Å². The summed E-state index contributed by atoms with van der Waals surface area (Å²) in [7, 11) is 0. The molecule has 0 spiro atoms. The van der Waals surface area contributed by atoms with Gasteiger partial charge in [0.05, 0.1) is 0 Å². The topological polar surface area (TPSA) is 43.4 Å². The molecule has 3 nitrogen and oxygen atoms in total. The highest BCUT2D eigenvalue weighted by Gasteiger charge is 2.26. The van der Waals surface area contributed by atoms with E-state index in [1.54, 1.807) is 0 Å². The van der Waals surface area contributed by atoms with E-state index in [2.05, 4.69) is 4.74 Å². The maximum absolute atomic E-state index is 12.0. The fraction of sp³-hybridized carbons (Fsp3) is 0.900. The molecule has 0 fully saturated rings. The van der Waals surface area contributed by atoms with E-state index in [9.17, 15) is 35.9 Å². The van der Waals surface area contributed by atoms with Crippen molar-refractivity contribution in [3.05, 3.63) is 0 Å². The standard InChI is InChI=1S/C20H32F6O3/c21-19(22,23)15-11-7-3-1-5-9-13-17(27)29-18(28)14-10-6-2-4-8-12-16-20(24,25)26/h1-16H2. The van der Waals surface area contributed by atoms with Gasteiger partial charge >= 0.3 is 24.3 Å². The van der Waals surface area contributed by atoms with Crippen molar-refractivity contribution in [2.24, 2.45) is 0 Å². The summed E-state index contributed by atoms with van der Waals surface area (Å²) in [6, 6.07) is 0. The number of ether oxygens (including phenoxy) is 1. The zero-order valence-corrected chi connectivity index (χ0v) is 16.8. The van der Waals surface area contributed by atoms with Crippen LogP contribution >= 0.6 is 0 Å². The highest BCUT2D eigenvalue weighted by atomic mass is 19.4. The molecular weight excluding hydrogens is 402 g/mol. The lowest BCUT2D eigenvalue weighted by molar-refractivity contribution is -0.159. The molecule has 0 bridgehead atoms. The molecule has 0 N–H and O–H groups in total. The second-order valence-corrected chi connectivity index (χ2v) is 7.32. The Labute approximate surface area is 168 Å². The SMILES string of the molecule is O=C(CCCCCCCCC(F)(F)F)OC(=O)CCCCCCCCC(F)(F)F. The molecule has 172 valence electrons. The first-order chi connectivity index (χ1) is 13.5. The molecule has 0 saturated heterocycles. The van der Waals surface area contributed by atoms with Crippen LogP contribution in [0.2, 0.25) is 0 Å². The van der Waals surface area contributed by atoms with E-state index in [0.717, 1.165) is 12.8 Å². The molecule has 0 aromatic heterocycles. The fourth-order valence-electron chi connectivity index (χ4n) is 2.83. The van der Waals surface area contributed by atoms with Crippen molar-refractivity contribution in [1.82, 2.24) is 0 Å². The van der Waals surface area contributed by atoms with E-state index in [-0.39, 0.29) is 25.7 Å². The number of halogens is 6. The maximum Gasteiger partial charge on any atom is 0.389 e. The molecule has 9 heteroatoms. The Bertz CT molecular complexity index is 406. The summed E-state index contributed by atoms with van der Waals surface area (Å²) >= 11 is 0. The molecular formula is C20H32F6O3. The van der Waals surface area contributed by atoms with Crippen molar-refractivity contribution in [3.63, 3.8) is 0 Å². The normalized spacial score (nSPS) is 12.2. The van der Waals surface area contributed by atoms with Crippen LogP contribution in [0.1, 0.15) is 103 Å². The lowest BCUT2D eigenvalue weighted by Crippen LogP contribution is -2.11. The highest BCUT2D eigenvalue weighted by molar-refractivity contribution is 5.85. The molecule has 0 aromatic rings. The van der Waals surface area contributed by atoms with Gasteiger partial charge in [0.15, 0.2) is 0 Å². The van der Waals surface area contributed by atoms with E-state index in [1.165, 1.54) is 0 Å². The van der Waals surface area contributed by atoms with Crippen LogP contribution < -0.4 is 0 Å². The van der Waals surface area contributed by atoms with Gasteiger partial charge in [0.25, 0.3) is 0 Å². The van der Waals surface area contributed by atoms with Crippen molar-refractivity contribution in [2.45, 2.75) is 115 Å². The fourth-order valence-corrected chi connectivity index (χ4v) is 2.83. The molecule has 0 rings (SSSR count). The van der Waals surface area contributed by atoms with Gasteiger partial charge in [0.1, 0.15) is 0 Å². The number of hydrogen-bond donors (Lipinski definition) is 0. The summed E-state index contributed by atoms with van der Waals surface area (Å²) in [4.78, 5) is 23.1. The molecule has 0 atom stereocenters. The second kappa shape index (κ2) is 15.5. The van der Waals surface area contributed by atoms with Crippen molar-refractivity contribution in [2.75, 3.05) is 0 Å². The highest BCUT2D eigenvalue weighted by Crippen LogP contribution is 2.24. The van der Waals surface area contributed by atoms with Crippen LogP contribution in [-0.4, -0.2) is 24.3 Å². The van der Waals surface area contributed by atoms with Gasteiger partial charge in [-0.15, -0.1) is 0 Å². The molecule has 0 unspecified atom stereocenters. The summed E-state index contributed by atoms with van der Waals surface area (Å²) in [6.07, 6.45) is -2.99. The Balaban J connectivity index is 3.44. The first kappa shape index (κ1) is 27.7. The average Bonchev–Trinajstić information content (AvgIpc) is 2.57. The number of carbonyl (C=O) groups excluding carboxylic acids is 2. The molecule has 0 aliphatic carbocycles. The third-order valence-corrected chi connectivity index (χ3v) is 4.41. The van der Waals surface area contributed by atoms with Gasteiger partial charge in [0, 0.05) is 25.7 Å². The van der Waals surface area contributed by atoms with Crippen LogP contribution in [0, 0.1) is 0 Å². The van der Waals surface area contributed by atoms with Crippen LogP contribution in [0.4, 0.5) is 26.3 Å². The molecule has 0 heterocycles. The van der Waals surface area contributed by atoms with E-state index < -0.39 is 37.1 Å². The molecule has 0 saturated carbocycles. The maximum atomic E-state index is 12.0. The Morgan fingerprint density at radius 2 is 0.759 bits per heavy atom. The van der Waals surface area contributed by atoms with Crippen LogP contribution in [0.25, 0.3) is 0 Å². The Kier molecular flexibility index (Phi) is 14.9. The largest absolute Gasteiger partial charge is 0.393 e. The van der Waals surface area contributed by atoms with E-state index in [4.69, 9.17) is 0 Å². The Hall–Kier alpha value is -1.28. The molecule has 0 radical (unpaired) electrons. The minimum absolute atomic E-state index is 0.105. The summed E-state index contributed by atoms with van der Waals surface area (Å²) in [5.41, 5.74) is 0. The zero-order valence-electron chi connectivity index (χ0n) is 16.8. The third-order valence-electron chi connectivity index (χ3n) is 4.41. The number of alkyl halides is 6. The van der Waals surface area contributed by atoms with Crippen LogP contribution in [0.15, 0.2) is 0 Å². The quantitative estimate of drug-likeness (QED) is 0.110. The van der Waals surface area contributed by atoms with Gasteiger partial charge in [0.2, 0.25) is 0 Å². The van der Waals surface area contributed by atoms with Crippen LogP contribution in [0.5, 0.6) is 0 Å². The number of esters is 2. The second-order valence-electron chi connectivity index (χ2n) is 7.32. The predicted molar refractivity (Wildman–Crippen MR) is 97.1 cm³/mol. The predicted octanol–water partition coefficient (Wildman–Crippen LogP) is 7.42. The summed E-state index contributed by atoms with van der Waals surface area (Å²) in [5.74, 6) is -1.20. The van der Waals surface area contributed by atoms with Crippen LogP contribution in [-0.2, 0) is 14.3 Å². The first-order valence-electron chi connectivity index (χ1n) is 10.4. The van der Waals surface area contributed by atoms with Crippen molar-refractivity contribution < 1.29 is 40.7 Å². The van der Waals surface area contributed by atoms with Gasteiger partial charge in [-0.1, -0.05) is 51.4 Å². The van der Waals surface area contributed by atoms with E-state index in [0.29, 0.717) is 51.4 Å². The third kappa shape index (κ3) is 22.9. The summed E-state index contributed by atoms with van der Waals surface area (Å²) < 4.78 is 76.5. The van der Waals surface area contributed by atoms with Gasteiger partial charge in [-0.2, -0.15) is 26.3 Å². The minimum atomic E-state index is -4.10. The van der Waals surface area contributed by atoms with Gasteiger partial charge < -0.3 is 4.74 Å². The van der Waals surface area contributed by atoms with E-state index >= 15 is 0 Å². The lowest BCUT2D eigenvalue weighted by atomic mass is 10.1. The average molecular weight is 434 g/mol. The van der Waals surface area contributed by atoms with Gasteiger partial charge in [-0.3, -0.25) is 9.59 Å². The molecule has 29 heavy (non-hydrogen) atoms. The van der Waals surface area contributed by atoms with Crippen molar-refractivity contribution in [3.8, 4) is 0 Å². The Morgan fingerprint density at radius 3 is 1.07 bits per heavy atom. The first-order valence-corrected chi connectivity index (χ1v) is 10.4. The number of rotatable bonds is 16. The zero-order chi connectivity index (χ0) is 22.2. The lowest BCUT2D eigenvalue weighted by Gasteiger charge is -2.06. The monoisotopic (exact) mass is 434 g/mol.